The van der Waals surface area contributed by atoms with E-state index in [4.69, 9.17) is 0 Å². The summed E-state index contributed by atoms with van der Waals surface area (Å²) >= 11 is 0. The molecule has 0 fully saturated rings. The zero-order valence-corrected chi connectivity index (χ0v) is 13.3. The SMILES string of the molecule is COC(=O)c1ccc(=O)n(-c2cnc(C)c(-c3cnnn3C)c2)n1. The third-order valence-electron chi connectivity index (χ3n) is 3.50. The van der Waals surface area contributed by atoms with E-state index in [1.54, 1.807) is 24.0 Å². The molecule has 24 heavy (non-hydrogen) atoms. The van der Waals surface area contributed by atoms with Crippen molar-refractivity contribution in [1.29, 1.82) is 0 Å². The van der Waals surface area contributed by atoms with Crippen molar-refractivity contribution in [3.63, 3.8) is 0 Å². The van der Waals surface area contributed by atoms with E-state index in [1.807, 2.05) is 6.92 Å². The summed E-state index contributed by atoms with van der Waals surface area (Å²) in [6, 6.07) is 4.32. The first-order chi connectivity index (χ1) is 11.5. The Balaban J connectivity index is 2.16. The average Bonchev–Trinajstić information content (AvgIpc) is 3.01. The van der Waals surface area contributed by atoms with Crippen LogP contribution in [0.1, 0.15) is 16.2 Å². The molecule has 9 heteroatoms. The number of nitrogens with zero attached hydrogens (tertiary/aromatic N) is 6. The summed E-state index contributed by atoms with van der Waals surface area (Å²) in [5.41, 5.74) is 2.33. The molecule has 3 aromatic rings. The molecular formula is C15H14N6O3. The second kappa shape index (κ2) is 6.03. The van der Waals surface area contributed by atoms with Crippen molar-refractivity contribution in [1.82, 2.24) is 29.8 Å². The van der Waals surface area contributed by atoms with Gasteiger partial charge in [0.2, 0.25) is 0 Å². The molecule has 0 saturated heterocycles. The number of carbonyl (C=O) groups excluding carboxylic acids is 1. The van der Waals surface area contributed by atoms with E-state index >= 15 is 0 Å². The van der Waals surface area contributed by atoms with E-state index in [0.29, 0.717) is 5.69 Å². The highest BCUT2D eigenvalue weighted by Gasteiger charge is 2.14. The number of hydrogen-bond donors (Lipinski definition) is 0. The normalized spacial score (nSPS) is 10.6. The number of aryl methyl sites for hydroxylation is 2. The molecule has 0 saturated carbocycles. The number of ether oxygens (including phenoxy) is 1. The minimum Gasteiger partial charge on any atom is -0.464 e. The van der Waals surface area contributed by atoms with Gasteiger partial charge in [0, 0.05) is 24.4 Å². The lowest BCUT2D eigenvalue weighted by molar-refractivity contribution is 0.0591. The van der Waals surface area contributed by atoms with Crippen LogP contribution in [0.3, 0.4) is 0 Å². The molecule has 0 amide bonds. The first-order valence-corrected chi connectivity index (χ1v) is 7.02. The zero-order valence-electron chi connectivity index (χ0n) is 13.3. The van der Waals surface area contributed by atoms with Crippen molar-refractivity contribution < 1.29 is 9.53 Å². The largest absolute Gasteiger partial charge is 0.464 e. The van der Waals surface area contributed by atoms with Crippen LogP contribution < -0.4 is 5.56 Å². The van der Waals surface area contributed by atoms with Crippen molar-refractivity contribution in [2.45, 2.75) is 6.92 Å². The quantitative estimate of drug-likeness (QED) is 0.646. The molecule has 0 unspecified atom stereocenters. The highest BCUT2D eigenvalue weighted by Crippen LogP contribution is 2.22. The molecule has 0 atom stereocenters. The van der Waals surface area contributed by atoms with Crippen LogP contribution >= 0.6 is 0 Å². The maximum absolute atomic E-state index is 12.1. The summed E-state index contributed by atoms with van der Waals surface area (Å²) in [7, 11) is 3.01. The van der Waals surface area contributed by atoms with Gasteiger partial charge in [-0.05, 0) is 19.1 Å². The summed E-state index contributed by atoms with van der Waals surface area (Å²) in [5, 5.41) is 11.8. The average molecular weight is 326 g/mol. The van der Waals surface area contributed by atoms with Gasteiger partial charge in [-0.15, -0.1) is 5.10 Å². The van der Waals surface area contributed by atoms with Crippen molar-refractivity contribution in [2.24, 2.45) is 7.05 Å². The highest BCUT2D eigenvalue weighted by atomic mass is 16.5. The first-order valence-electron chi connectivity index (χ1n) is 7.02. The molecule has 0 bridgehead atoms. The van der Waals surface area contributed by atoms with Crippen LogP contribution in [-0.2, 0) is 11.8 Å². The van der Waals surface area contributed by atoms with E-state index < -0.39 is 5.97 Å². The summed E-state index contributed by atoms with van der Waals surface area (Å²) in [6.07, 6.45) is 3.12. The molecule has 0 radical (unpaired) electrons. The Morgan fingerprint density at radius 1 is 1.25 bits per heavy atom. The van der Waals surface area contributed by atoms with Crippen molar-refractivity contribution in [3.05, 3.63) is 52.3 Å². The molecule has 0 N–H and O–H groups in total. The minimum absolute atomic E-state index is 0.0291. The Morgan fingerprint density at radius 2 is 2.04 bits per heavy atom. The van der Waals surface area contributed by atoms with E-state index in [-0.39, 0.29) is 11.3 Å². The zero-order chi connectivity index (χ0) is 17.3. The molecule has 3 heterocycles. The molecule has 0 aromatic carbocycles. The topological polar surface area (TPSA) is 105 Å². The van der Waals surface area contributed by atoms with E-state index in [2.05, 4.69) is 25.1 Å². The fourth-order valence-electron chi connectivity index (χ4n) is 2.24. The predicted molar refractivity (Wildman–Crippen MR) is 83.7 cm³/mol. The number of hydrogen-bond acceptors (Lipinski definition) is 7. The van der Waals surface area contributed by atoms with Gasteiger partial charge in [-0.2, -0.15) is 9.78 Å². The van der Waals surface area contributed by atoms with Crippen LogP contribution in [0, 0.1) is 6.92 Å². The van der Waals surface area contributed by atoms with Crippen molar-refractivity contribution >= 4 is 5.97 Å². The Bertz CT molecular complexity index is 975. The molecule has 3 rings (SSSR count). The maximum Gasteiger partial charge on any atom is 0.358 e. The summed E-state index contributed by atoms with van der Waals surface area (Å²) < 4.78 is 7.34. The van der Waals surface area contributed by atoms with Gasteiger partial charge in [0.15, 0.2) is 5.69 Å². The van der Waals surface area contributed by atoms with Crippen LogP contribution in [0.2, 0.25) is 0 Å². The maximum atomic E-state index is 12.1. The van der Waals surface area contributed by atoms with Crippen molar-refractivity contribution in [2.75, 3.05) is 7.11 Å². The van der Waals surface area contributed by atoms with E-state index in [0.717, 1.165) is 21.6 Å². The monoisotopic (exact) mass is 326 g/mol. The summed E-state index contributed by atoms with van der Waals surface area (Å²) in [5.74, 6) is -0.625. The Hall–Kier alpha value is -3.36. The van der Waals surface area contributed by atoms with Gasteiger partial charge in [-0.25, -0.2) is 9.48 Å². The third-order valence-corrected chi connectivity index (χ3v) is 3.50. The van der Waals surface area contributed by atoms with Gasteiger partial charge >= 0.3 is 5.97 Å². The number of esters is 1. The van der Waals surface area contributed by atoms with Gasteiger partial charge in [0.1, 0.15) is 0 Å². The van der Waals surface area contributed by atoms with Gasteiger partial charge in [-0.1, -0.05) is 5.21 Å². The lowest BCUT2D eigenvalue weighted by Gasteiger charge is -2.09. The van der Waals surface area contributed by atoms with Gasteiger partial charge in [-0.3, -0.25) is 9.78 Å². The van der Waals surface area contributed by atoms with Crippen LogP contribution in [0.5, 0.6) is 0 Å². The molecular weight excluding hydrogens is 312 g/mol. The lowest BCUT2D eigenvalue weighted by atomic mass is 10.1. The Labute approximate surface area is 136 Å². The van der Waals surface area contributed by atoms with E-state index in [9.17, 15) is 9.59 Å². The second-order valence-electron chi connectivity index (χ2n) is 5.03. The molecule has 0 spiro atoms. The standard InChI is InChI=1S/C15H14N6O3/c1-9-11(13-8-17-19-20(13)2)6-10(7-16-9)21-14(22)5-4-12(18-21)15(23)24-3/h4-8H,1-3H3. The molecule has 9 nitrogen and oxygen atoms in total. The fourth-order valence-corrected chi connectivity index (χ4v) is 2.24. The van der Waals surface area contributed by atoms with Crippen LogP contribution in [0.25, 0.3) is 16.9 Å². The predicted octanol–water partition coefficient (Wildman–Crippen LogP) is 0.518. The molecule has 0 aliphatic heterocycles. The number of pyridine rings is 1. The smallest absolute Gasteiger partial charge is 0.358 e. The Morgan fingerprint density at radius 3 is 2.71 bits per heavy atom. The molecule has 122 valence electrons. The van der Waals surface area contributed by atoms with E-state index in [1.165, 1.54) is 25.4 Å². The molecule has 0 aliphatic carbocycles. The van der Waals surface area contributed by atoms with Crippen LogP contribution in [0.4, 0.5) is 0 Å². The molecule has 0 aliphatic rings. The van der Waals surface area contributed by atoms with Crippen LogP contribution in [0.15, 0.2) is 35.4 Å². The van der Waals surface area contributed by atoms with Gasteiger partial charge in [0.25, 0.3) is 5.56 Å². The van der Waals surface area contributed by atoms with Gasteiger partial charge in [0.05, 0.1) is 30.9 Å². The third kappa shape index (κ3) is 2.67. The lowest BCUT2D eigenvalue weighted by Crippen LogP contribution is -2.23. The van der Waals surface area contributed by atoms with Crippen molar-refractivity contribution in [3.8, 4) is 16.9 Å². The summed E-state index contributed by atoms with van der Waals surface area (Å²) in [6.45, 7) is 1.84. The molecule has 3 aromatic heterocycles. The fraction of sp³-hybridized carbons (Fsp3) is 0.200. The number of aromatic nitrogens is 6. The number of rotatable bonds is 3. The first kappa shape index (κ1) is 15.5. The van der Waals surface area contributed by atoms with Crippen LogP contribution in [-0.4, -0.2) is 42.8 Å². The van der Waals surface area contributed by atoms with Gasteiger partial charge < -0.3 is 4.74 Å². The minimum atomic E-state index is -0.625. The highest BCUT2D eigenvalue weighted by molar-refractivity contribution is 5.86. The summed E-state index contributed by atoms with van der Waals surface area (Å²) in [4.78, 5) is 28.1. The number of methoxy groups -OCH3 is 1. The Kier molecular flexibility index (Phi) is 3.90. The second-order valence-corrected chi connectivity index (χ2v) is 5.03. The number of carbonyl (C=O) groups is 1.